The third kappa shape index (κ3) is 14.1. The fraction of sp³-hybridized carbons (Fsp3) is 0.926. The van der Waals surface area contributed by atoms with Crippen LogP contribution in [0.3, 0.4) is 0 Å². The second-order valence-corrected chi connectivity index (χ2v) is 9.67. The summed E-state index contributed by atoms with van der Waals surface area (Å²) in [5.74, 6) is 0.170. The van der Waals surface area contributed by atoms with E-state index in [0.29, 0.717) is 6.42 Å². The molecule has 1 aliphatic heterocycles. The van der Waals surface area contributed by atoms with Crippen LogP contribution < -0.4 is 0 Å². The maximum atomic E-state index is 12.0. The molecule has 1 saturated heterocycles. The summed E-state index contributed by atoms with van der Waals surface area (Å²) in [4.78, 5) is 23.3. The highest BCUT2D eigenvalue weighted by Gasteiger charge is 2.37. The van der Waals surface area contributed by atoms with Gasteiger partial charge in [-0.2, -0.15) is 0 Å². The Morgan fingerprint density at radius 3 is 2.00 bits per heavy atom. The van der Waals surface area contributed by atoms with E-state index in [-0.39, 0.29) is 19.0 Å². The summed E-state index contributed by atoms with van der Waals surface area (Å²) in [5.41, 5.74) is 0. The monoisotopic (exact) mass is 454 g/mol. The van der Waals surface area contributed by atoms with Crippen molar-refractivity contribution in [1.82, 2.24) is 0 Å². The van der Waals surface area contributed by atoms with E-state index in [0.717, 1.165) is 25.2 Å². The van der Waals surface area contributed by atoms with Crippen molar-refractivity contribution in [1.29, 1.82) is 0 Å². The highest BCUT2D eigenvalue weighted by Crippen LogP contribution is 2.24. The van der Waals surface area contributed by atoms with Crippen LogP contribution in [0.4, 0.5) is 0 Å². The zero-order valence-corrected chi connectivity index (χ0v) is 21.0. The van der Waals surface area contributed by atoms with Crippen LogP contribution in [0.1, 0.15) is 136 Å². The molecule has 0 saturated carbocycles. The average molecular weight is 455 g/mol. The van der Waals surface area contributed by atoms with Gasteiger partial charge in [-0.3, -0.25) is 9.59 Å². The van der Waals surface area contributed by atoms with E-state index < -0.39 is 18.2 Å². The molecule has 0 radical (unpaired) electrons. The van der Waals surface area contributed by atoms with Gasteiger partial charge in [-0.05, 0) is 12.3 Å². The Morgan fingerprint density at radius 1 is 0.875 bits per heavy atom. The summed E-state index contributed by atoms with van der Waals surface area (Å²) in [5, 5.41) is 9.19. The van der Waals surface area contributed by atoms with Gasteiger partial charge < -0.3 is 14.6 Å². The molecule has 1 aliphatic rings. The largest absolute Gasteiger partial charge is 0.458 e. The Hall–Kier alpha value is -1.10. The van der Waals surface area contributed by atoms with Crippen LogP contribution in [-0.2, 0) is 19.1 Å². The quantitative estimate of drug-likeness (QED) is 0.151. The predicted octanol–water partition coefficient (Wildman–Crippen LogP) is 6.88. The Labute approximate surface area is 197 Å². The van der Waals surface area contributed by atoms with Gasteiger partial charge in [0.25, 0.3) is 0 Å². The standard InChI is InChI=1S/C27H50O5/c1-3-5-7-8-9-10-11-14-18-23(17-6-4-2)19-15-12-13-16-20-26(29)31-24-21-27(30)32-25(24)22-28/h23-25,28H,3-22H2,1-2H3/t23?,24-,25+/m1/s1. The van der Waals surface area contributed by atoms with Crippen molar-refractivity contribution < 1.29 is 24.2 Å². The number of ether oxygens (including phenoxy) is 2. The lowest BCUT2D eigenvalue weighted by Gasteiger charge is -2.17. The molecule has 1 fully saturated rings. The Kier molecular flexibility index (Phi) is 17.5. The molecule has 0 aromatic rings. The van der Waals surface area contributed by atoms with Crippen LogP contribution in [0.25, 0.3) is 0 Å². The molecule has 188 valence electrons. The van der Waals surface area contributed by atoms with E-state index in [1.807, 2.05) is 0 Å². The molecule has 1 N–H and O–H groups in total. The molecule has 0 amide bonds. The van der Waals surface area contributed by atoms with Gasteiger partial charge in [0.05, 0.1) is 13.0 Å². The Bertz CT molecular complexity index is 479. The number of aliphatic hydroxyl groups excluding tert-OH is 1. The minimum absolute atomic E-state index is 0.0506. The second kappa shape index (κ2) is 19.4. The van der Waals surface area contributed by atoms with E-state index in [4.69, 9.17) is 9.47 Å². The van der Waals surface area contributed by atoms with Crippen molar-refractivity contribution in [3.63, 3.8) is 0 Å². The molecule has 0 aliphatic carbocycles. The maximum absolute atomic E-state index is 12.0. The van der Waals surface area contributed by atoms with E-state index in [9.17, 15) is 14.7 Å². The van der Waals surface area contributed by atoms with Crippen molar-refractivity contribution in [2.24, 2.45) is 5.92 Å². The lowest BCUT2D eigenvalue weighted by molar-refractivity contribution is -0.154. The first-order valence-corrected chi connectivity index (χ1v) is 13.6. The SMILES string of the molecule is CCCCCCCCCCC(CCCC)CCCCCCC(=O)O[C@@H]1CC(=O)O[C@H]1CO. The van der Waals surface area contributed by atoms with Crippen molar-refractivity contribution >= 4 is 11.9 Å². The number of carbonyl (C=O) groups excluding carboxylic acids is 2. The summed E-state index contributed by atoms with van der Waals surface area (Å²) in [6, 6.07) is 0. The van der Waals surface area contributed by atoms with Crippen LogP contribution in [0.2, 0.25) is 0 Å². The van der Waals surface area contributed by atoms with E-state index in [1.54, 1.807) is 0 Å². The first-order chi connectivity index (χ1) is 15.6. The molecule has 0 aromatic heterocycles. The molecule has 32 heavy (non-hydrogen) atoms. The summed E-state index contributed by atoms with van der Waals surface area (Å²) in [7, 11) is 0. The van der Waals surface area contributed by atoms with Crippen LogP contribution >= 0.6 is 0 Å². The second-order valence-electron chi connectivity index (χ2n) is 9.67. The molecule has 1 heterocycles. The van der Waals surface area contributed by atoms with Gasteiger partial charge in [0, 0.05) is 6.42 Å². The fourth-order valence-electron chi connectivity index (χ4n) is 4.64. The normalized spacial score (nSPS) is 19.2. The molecule has 5 nitrogen and oxygen atoms in total. The highest BCUT2D eigenvalue weighted by atomic mass is 16.6. The Morgan fingerprint density at radius 2 is 1.41 bits per heavy atom. The first kappa shape index (κ1) is 28.9. The zero-order chi connectivity index (χ0) is 23.4. The van der Waals surface area contributed by atoms with Crippen molar-refractivity contribution in [2.75, 3.05) is 6.61 Å². The Balaban J connectivity index is 2.07. The number of cyclic esters (lactones) is 1. The molecule has 0 spiro atoms. The number of unbranched alkanes of at least 4 members (excludes halogenated alkanes) is 11. The number of esters is 2. The topological polar surface area (TPSA) is 72.8 Å². The van der Waals surface area contributed by atoms with Crippen LogP contribution in [0, 0.1) is 5.92 Å². The third-order valence-electron chi connectivity index (χ3n) is 6.70. The van der Waals surface area contributed by atoms with Gasteiger partial charge in [0.15, 0.2) is 12.2 Å². The molecule has 0 bridgehead atoms. The summed E-state index contributed by atoms with van der Waals surface area (Å²) in [6.45, 7) is 4.25. The lowest BCUT2D eigenvalue weighted by atomic mass is 9.90. The van der Waals surface area contributed by atoms with E-state index in [1.165, 1.54) is 89.9 Å². The molecule has 0 aromatic carbocycles. The molecule has 1 rings (SSSR count). The molecule has 5 heteroatoms. The average Bonchev–Trinajstić information content (AvgIpc) is 3.14. The molecular formula is C27H50O5. The summed E-state index contributed by atoms with van der Waals surface area (Å²) < 4.78 is 10.2. The van der Waals surface area contributed by atoms with Crippen molar-refractivity contribution in [2.45, 2.75) is 148 Å². The minimum Gasteiger partial charge on any atom is -0.458 e. The van der Waals surface area contributed by atoms with Crippen LogP contribution in [-0.4, -0.2) is 35.9 Å². The van der Waals surface area contributed by atoms with Crippen molar-refractivity contribution in [3.05, 3.63) is 0 Å². The van der Waals surface area contributed by atoms with Gasteiger partial charge in [-0.1, -0.05) is 117 Å². The molecular weight excluding hydrogens is 404 g/mol. The van der Waals surface area contributed by atoms with Gasteiger partial charge in [-0.25, -0.2) is 0 Å². The summed E-state index contributed by atoms with van der Waals surface area (Å²) >= 11 is 0. The van der Waals surface area contributed by atoms with E-state index in [2.05, 4.69) is 13.8 Å². The zero-order valence-electron chi connectivity index (χ0n) is 21.0. The fourth-order valence-corrected chi connectivity index (χ4v) is 4.64. The number of aliphatic hydroxyl groups is 1. The van der Waals surface area contributed by atoms with Gasteiger partial charge in [-0.15, -0.1) is 0 Å². The first-order valence-electron chi connectivity index (χ1n) is 13.6. The van der Waals surface area contributed by atoms with Gasteiger partial charge >= 0.3 is 11.9 Å². The smallest absolute Gasteiger partial charge is 0.310 e. The number of hydrogen-bond donors (Lipinski definition) is 1. The summed E-state index contributed by atoms with van der Waals surface area (Å²) in [6.07, 6.45) is 21.2. The molecule has 3 atom stereocenters. The number of carbonyl (C=O) groups is 2. The van der Waals surface area contributed by atoms with Crippen LogP contribution in [0.15, 0.2) is 0 Å². The van der Waals surface area contributed by atoms with E-state index >= 15 is 0 Å². The van der Waals surface area contributed by atoms with Crippen molar-refractivity contribution in [3.8, 4) is 0 Å². The maximum Gasteiger partial charge on any atom is 0.310 e. The van der Waals surface area contributed by atoms with Gasteiger partial charge in [0.1, 0.15) is 0 Å². The lowest BCUT2D eigenvalue weighted by Crippen LogP contribution is -2.30. The third-order valence-corrected chi connectivity index (χ3v) is 6.70. The predicted molar refractivity (Wildman–Crippen MR) is 129 cm³/mol. The molecule has 1 unspecified atom stereocenters. The number of rotatable bonds is 21. The highest BCUT2D eigenvalue weighted by molar-refractivity contribution is 5.74. The van der Waals surface area contributed by atoms with Gasteiger partial charge in [0.2, 0.25) is 0 Å². The number of hydrogen-bond acceptors (Lipinski definition) is 5. The minimum atomic E-state index is -0.701. The van der Waals surface area contributed by atoms with Crippen LogP contribution in [0.5, 0.6) is 0 Å².